The Bertz CT molecular complexity index is 435. The average molecular weight is 420 g/mol. The summed E-state index contributed by atoms with van der Waals surface area (Å²) in [5.41, 5.74) is 1.25. The van der Waals surface area contributed by atoms with Gasteiger partial charge >= 0.3 is 0 Å². The van der Waals surface area contributed by atoms with E-state index in [1.165, 1.54) is 27.7 Å². The summed E-state index contributed by atoms with van der Waals surface area (Å²) in [5, 5.41) is 43.3. The molecule has 1 heterocycles. The van der Waals surface area contributed by atoms with Crippen molar-refractivity contribution in [1.82, 2.24) is 4.98 Å². The van der Waals surface area contributed by atoms with E-state index < -0.39 is 0 Å². The first-order valence-electron chi connectivity index (χ1n) is 6.31. The second-order valence-corrected chi connectivity index (χ2v) is 3.77. The van der Waals surface area contributed by atoms with Gasteiger partial charge < -0.3 is 32.4 Å². The summed E-state index contributed by atoms with van der Waals surface area (Å²) in [7, 11) is 0. The van der Waals surface area contributed by atoms with Crippen LogP contribution in [0.4, 0.5) is 0 Å². The second-order valence-electron chi connectivity index (χ2n) is 3.77. The zero-order chi connectivity index (χ0) is 19.4. The molecule has 25 heavy (non-hydrogen) atoms. The Morgan fingerprint density at radius 2 is 0.920 bits per heavy atom. The van der Waals surface area contributed by atoms with Gasteiger partial charge in [0.2, 0.25) is 0 Å². The molecule has 0 unspecified atom stereocenters. The van der Waals surface area contributed by atoms with Crippen molar-refractivity contribution in [1.29, 1.82) is 0 Å². The number of oxime groups is 4. The Hall–Kier alpha value is -2.17. The summed E-state index contributed by atoms with van der Waals surface area (Å²) in [5.74, 6) is 0. The molecule has 0 bridgehead atoms. The van der Waals surface area contributed by atoms with Crippen molar-refractivity contribution in [3.8, 4) is 0 Å². The van der Waals surface area contributed by atoms with E-state index in [0.717, 1.165) is 0 Å². The van der Waals surface area contributed by atoms with Gasteiger partial charge in [-0.15, -0.1) is 0 Å². The van der Waals surface area contributed by atoms with Crippen LogP contribution in [0.15, 0.2) is 51.2 Å². The molecule has 0 saturated heterocycles. The monoisotopic (exact) mass is 419 g/mol. The van der Waals surface area contributed by atoms with Crippen LogP contribution in [-0.2, 0) is 16.8 Å². The number of hydrogen-bond donors (Lipinski definition) is 4. The van der Waals surface area contributed by atoms with Gasteiger partial charge in [-0.25, -0.2) is 0 Å². The second kappa shape index (κ2) is 24.1. The first-order valence-corrected chi connectivity index (χ1v) is 6.85. The van der Waals surface area contributed by atoms with E-state index in [0.29, 0.717) is 22.8 Å². The Labute approximate surface area is 162 Å². The van der Waals surface area contributed by atoms with Crippen molar-refractivity contribution in [2.75, 3.05) is 0 Å². The molecule has 1 radical (unpaired) electrons. The minimum Gasteiger partial charge on any atom is -0.411 e. The van der Waals surface area contributed by atoms with Crippen LogP contribution in [0.2, 0.25) is 0 Å². The molecule has 0 spiro atoms. The summed E-state index contributed by atoms with van der Waals surface area (Å²) in [6, 6.07) is 5.72. The van der Waals surface area contributed by atoms with E-state index in [2.05, 4.69) is 43.6 Å². The van der Waals surface area contributed by atoms with Crippen molar-refractivity contribution in [3.63, 3.8) is 0 Å². The number of rotatable bonds is 2. The summed E-state index contributed by atoms with van der Waals surface area (Å²) in [6.07, 6.45) is 6.22. The van der Waals surface area contributed by atoms with Crippen LogP contribution in [0.3, 0.4) is 0 Å². The fourth-order valence-corrected chi connectivity index (χ4v) is 0.602. The Balaban J connectivity index is -0.000000124. The molecule has 1 aromatic rings. The topological polar surface area (TPSA) is 143 Å². The standard InChI is InChI=1S/C5H5N.2C4H8N2O2.CH2Cl.Co/c1-2-4-6-5-3-1;2*1-3(5-7)4(2)6-8;1-2;/h1-5H;2*7-8H,1-2H3;1H2;/q;;;-1;/b;2*5-3+,6-4+;;. The van der Waals surface area contributed by atoms with E-state index in [1.54, 1.807) is 12.4 Å². The SMILES string of the molecule is CC(=N\O)/C(C)=N/O.CC(=N\O)/C(C)=N/O.[CH2-]Cl.[Co].c1ccncc1. The van der Waals surface area contributed by atoms with Crippen molar-refractivity contribution in [3.05, 3.63) is 37.0 Å². The maximum atomic E-state index is 8.03. The molecule has 11 heteroatoms. The fraction of sp³-hybridized carbons (Fsp3) is 0.286. The van der Waals surface area contributed by atoms with Crippen LogP contribution in [0.25, 0.3) is 0 Å². The van der Waals surface area contributed by atoms with Gasteiger partial charge in [-0.3, -0.25) is 11.4 Å². The molecule has 0 fully saturated rings. The van der Waals surface area contributed by atoms with Gasteiger partial charge in [0, 0.05) is 29.2 Å². The van der Waals surface area contributed by atoms with Gasteiger partial charge in [-0.1, -0.05) is 26.7 Å². The molecule has 1 aromatic heterocycles. The normalized spacial score (nSPS) is 11.3. The predicted molar refractivity (Wildman–Crippen MR) is 95.0 cm³/mol. The van der Waals surface area contributed by atoms with Gasteiger partial charge in [0.25, 0.3) is 0 Å². The molecule has 0 aliphatic rings. The van der Waals surface area contributed by atoms with E-state index in [1.807, 2.05) is 18.2 Å². The van der Waals surface area contributed by atoms with Gasteiger partial charge in [-0.05, 0) is 39.8 Å². The van der Waals surface area contributed by atoms with Crippen molar-refractivity contribution in [2.45, 2.75) is 27.7 Å². The van der Waals surface area contributed by atoms with Crippen LogP contribution in [-0.4, -0.2) is 48.7 Å². The molecule has 0 saturated carbocycles. The van der Waals surface area contributed by atoms with Crippen LogP contribution in [0, 0.1) is 6.38 Å². The molecule has 0 aromatic carbocycles. The number of pyridine rings is 1. The van der Waals surface area contributed by atoms with Crippen molar-refractivity contribution >= 4 is 34.4 Å². The quantitative estimate of drug-likeness (QED) is 0.251. The minimum absolute atomic E-state index is 0. The molecular weight excluding hydrogens is 397 g/mol. The van der Waals surface area contributed by atoms with Crippen LogP contribution in [0.5, 0.6) is 0 Å². The van der Waals surface area contributed by atoms with Gasteiger partial charge in [0.15, 0.2) is 0 Å². The average Bonchev–Trinajstić information content (AvgIpc) is 2.69. The predicted octanol–water partition coefficient (Wildman–Crippen LogP) is 3.47. The maximum absolute atomic E-state index is 8.03. The molecule has 145 valence electrons. The smallest absolute Gasteiger partial charge is 0.101 e. The van der Waals surface area contributed by atoms with Gasteiger partial charge in [0.1, 0.15) is 22.8 Å². The van der Waals surface area contributed by atoms with Crippen LogP contribution < -0.4 is 0 Å². The largest absolute Gasteiger partial charge is 0.411 e. The first-order chi connectivity index (χ1) is 11.4. The first kappa shape index (κ1) is 30.7. The summed E-state index contributed by atoms with van der Waals surface area (Å²) in [6.45, 7) is 6.15. The Morgan fingerprint density at radius 1 is 0.680 bits per heavy atom. The molecule has 0 atom stereocenters. The Kier molecular flexibility index (Phi) is 29.6. The summed E-state index contributed by atoms with van der Waals surface area (Å²) >= 11 is 4.39. The number of aromatic nitrogens is 1. The summed E-state index contributed by atoms with van der Waals surface area (Å²) in [4.78, 5) is 3.78. The van der Waals surface area contributed by atoms with Crippen LogP contribution >= 0.6 is 11.6 Å². The van der Waals surface area contributed by atoms with E-state index >= 15 is 0 Å². The zero-order valence-electron chi connectivity index (χ0n) is 14.3. The van der Waals surface area contributed by atoms with Gasteiger partial charge in [0.05, 0.1) is 0 Å². The number of hydrogen-bond acceptors (Lipinski definition) is 9. The Morgan fingerprint density at radius 3 is 1.00 bits per heavy atom. The minimum atomic E-state index is 0. The van der Waals surface area contributed by atoms with Crippen molar-refractivity contribution in [2.24, 2.45) is 20.6 Å². The molecule has 1 rings (SSSR count). The third-order valence-electron chi connectivity index (χ3n) is 2.21. The zero-order valence-corrected chi connectivity index (χ0v) is 16.1. The molecule has 9 nitrogen and oxygen atoms in total. The molecule has 0 aliphatic heterocycles. The molecule has 4 N–H and O–H groups in total. The molecule has 0 aliphatic carbocycles. The van der Waals surface area contributed by atoms with E-state index in [-0.39, 0.29) is 16.8 Å². The van der Waals surface area contributed by atoms with Crippen LogP contribution in [0.1, 0.15) is 27.7 Å². The van der Waals surface area contributed by atoms with E-state index in [9.17, 15) is 0 Å². The summed E-state index contributed by atoms with van der Waals surface area (Å²) < 4.78 is 0. The van der Waals surface area contributed by atoms with Crippen molar-refractivity contribution < 1.29 is 37.6 Å². The third kappa shape index (κ3) is 21.8. The van der Waals surface area contributed by atoms with E-state index in [4.69, 9.17) is 20.8 Å². The molecular formula is C14H23ClCoN5O4-. The van der Waals surface area contributed by atoms with Gasteiger partial charge in [-0.2, -0.15) is 0 Å². The number of halogens is 1. The fourth-order valence-electron chi connectivity index (χ4n) is 0.602. The molecule has 0 amide bonds. The maximum Gasteiger partial charge on any atom is 0.101 e. The third-order valence-corrected chi connectivity index (χ3v) is 2.21. The number of nitrogens with zero attached hydrogens (tertiary/aromatic N) is 5.